The number of aliphatic carboxylic acids is 1. The Morgan fingerprint density at radius 1 is 0.522 bits per heavy atom. The Hall–Kier alpha value is -12.0. The van der Waals surface area contributed by atoms with Crippen molar-refractivity contribution in [3.8, 4) is 0 Å². The van der Waals surface area contributed by atoms with Crippen LogP contribution in [-0.2, 0) is 97.6 Å². The van der Waals surface area contributed by atoms with Crippen molar-refractivity contribution in [3.63, 3.8) is 0 Å². The Balaban J connectivity index is 1.35. The molecule has 0 unspecified atom stereocenters. The number of carbonyl (C=O) groups is 15. The Morgan fingerprint density at radius 2 is 0.965 bits per heavy atom. The van der Waals surface area contributed by atoms with Crippen LogP contribution in [0.1, 0.15) is 95.2 Å². The second kappa shape index (κ2) is 46.6. The number of aromatic nitrogens is 4. The minimum atomic E-state index is -1.82. The summed E-state index contributed by atoms with van der Waals surface area (Å²) in [4.78, 5) is 222. The number of rotatable bonds is 48. The highest BCUT2D eigenvalue weighted by atomic mass is 16.4. The second-order valence-electron chi connectivity index (χ2n) is 27.2. The van der Waals surface area contributed by atoms with Crippen molar-refractivity contribution >= 4 is 94.6 Å². The number of carbonyl (C=O) groups excluding carboxylic acids is 14. The third-order valence-electron chi connectivity index (χ3n) is 18.2. The standard InChI is InChI=1S/C71H104N22O20/c1-5-38(4)57(92-68(111)53-19-13-23-93(53)70(113)49(27-42-29-77-36-81-42)87-66(109)52(34-97)90-67(110)50(32-95)88-59(102)43(72)31-94)69(112)86-46(24-39-14-8-6-9-15-39)62(105)85-48(26-41-28-76-35-80-41)63(106)83-44(18-12-22-78-71(74)75)60(103)79-30-54(98)82-45(20-21-55(99)100)61(104)89-51(33-96)65(108)84-47(25-40-16-10-7-11-17-40)64(107)91-56(37(2)3)58(73)101/h6-11,14-17,28-29,35-38,43-53,56-57,94-97H,5,12-13,18-27,30-34,72H2,1-4H3,(H2,73,101)(H,76,80)(H,77,81)(H,79,103)(H,82,98)(H,83,106)(H,84,108)(H,85,105)(H,86,112)(H,87,109)(H,88,102)(H,89,104)(H,90,110)(H,91,107)(H,92,111)(H,99,100)(H4,74,75,78)/t38-,43-,44-,45-,46-,47-,48-,49-,50-,51-,52-,53-,56-,57-/m0/s1. The largest absolute Gasteiger partial charge is 0.481 e. The first-order valence-electron chi connectivity index (χ1n) is 36.5. The van der Waals surface area contributed by atoms with E-state index in [2.05, 4.69) is 89.1 Å². The van der Waals surface area contributed by atoms with Gasteiger partial charge in [0.2, 0.25) is 82.7 Å². The van der Waals surface area contributed by atoms with Gasteiger partial charge in [0, 0.05) is 57.6 Å². The maximum Gasteiger partial charge on any atom is 0.303 e. The molecule has 4 aromatic rings. The molecule has 42 nitrogen and oxygen atoms in total. The van der Waals surface area contributed by atoms with E-state index >= 15 is 0 Å². The Kier molecular flexibility index (Phi) is 37.8. The molecule has 0 bridgehead atoms. The van der Waals surface area contributed by atoms with E-state index in [-0.39, 0.29) is 82.3 Å². The molecule has 5 rings (SSSR count). The van der Waals surface area contributed by atoms with E-state index in [1.165, 1.54) is 29.9 Å². The molecule has 2 aromatic heterocycles. The average molecular weight is 1590 g/mol. The number of likely N-dealkylation sites (tertiary alicyclic amines) is 1. The number of nitrogens with one attached hydrogen (secondary N) is 16. The molecular formula is C71H104N22O20. The van der Waals surface area contributed by atoms with E-state index in [1.807, 2.05) is 0 Å². The lowest BCUT2D eigenvalue weighted by molar-refractivity contribution is -0.143. The lowest BCUT2D eigenvalue weighted by Crippen LogP contribution is -2.62. The van der Waals surface area contributed by atoms with Gasteiger partial charge < -0.3 is 127 Å². The number of aromatic amines is 2. The van der Waals surface area contributed by atoms with Crippen molar-refractivity contribution in [1.29, 1.82) is 5.41 Å². The molecule has 2 aromatic carbocycles. The lowest BCUT2D eigenvalue weighted by Gasteiger charge is -2.32. The fourth-order valence-electron chi connectivity index (χ4n) is 11.7. The number of amides is 14. The summed E-state index contributed by atoms with van der Waals surface area (Å²) in [5.41, 5.74) is 18.1. The smallest absolute Gasteiger partial charge is 0.303 e. The van der Waals surface area contributed by atoms with Gasteiger partial charge in [-0.2, -0.15) is 0 Å². The third kappa shape index (κ3) is 30.0. The van der Waals surface area contributed by atoms with Crippen molar-refractivity contribution < 1.29 is 97.5 Å². The van der Waals surface area contributed by atoms with Crippen LogP contribution in [0.5, 0.6) is 0 Å². The van der Waals surface area contributed by atoms with Gasteiger partial charge in [0.1, 0.15) is 78.5 Å². The summed E-state index contributed by atoms with van der Waals surface area (Å²) in [6.07, 6.45) is 3.49. The number of primary amides is 1. The molecule has 618 valence electrons. The van der Waals surface area contributed by atoms with E-state index < -0.39 is 231 Å². The van der Waals surface area contributed by atoms with Crippen LogP contribution in [0.4, 0.5) is 0 Å². The van der Waals surface area contributed by atoms with Crippen LogP contribution in [0.15, 0.2) is 85.7 Å². The SMILES string of the molecule is CC[C@H](C)[C@H](NC(=O)[C@@H]1CCCN1C(=O)[C@H](Cc1c[nH]cn1)NC(=O)[C@H](CO)NC(=O)[C@H](CO)NC(=O)[C@@H](N)CO)C(=O)N[C@@H](Cc1ccccc1)C(=O)N[C@@H](Cc1c[nH]cn1)C(=O)N[C@@H](CCCNC(=N)N)C(=O)NCC(=O)N[C@@H](CCC(=O)O)C(=O)N[C@@H](CO)C(=O)N[C@@H](Cc1ccccc1)C(=O)N[C@H](C(N)=O)C(C)C. The van der Waals surface area contributed by atoms with E-state index in [1.54, 1.807) is 88.4 Å². The van der Waals surface area contributed by atoms with Crippen LogP contribution in [0.25, 0.3) is 0 Å². The number of imidazole rings is 2. The summed E-state index contributed by atoms with van der Waals surface area (Å²) < 4.78 is 0. The van der Waals surface area contributed by atoms with Gasteiger partial charge in [0.25, 0.3) is 0 Å². The van der Waals surface area contributed by atoms with Gasteiger partial charge in [-0.1, -0.05) is 94.8 Å². The van der Waals surface area contributed by atoms with E-state index in [0.29, 0.717) is 11.1 Å². The summed E-state index contributed by atoms with van der Waals surface area (Å²) >= 11 is 0. The zero-order valence-corrected chi connectivity index (χ0v) is 62.9. The topological polar surface area (TPSA) is 676 Å². The van der Waals surface area contributed by atoms with Crippen LogP contribution in [0.2, 0.25) is 0 Å². The molecule has 113 heavy (non-hydrogen) atoms. The number of carboxylic acids is 1. The van der Waals surface area contributed by atoms with Crippen LogP contribution >= 0.6 is 0 Å². The van der Waals surface area contributed by atoms with Crippen molar-refractivity contribution in [1.82, 2.24) is 94.0 Å². The minimum absolute atomic E-state index is 0.0194. The monoisotopic (exact) mass is 1580 g/mol. The number of carboxylic acid groups (broad SMARTS) is 1. The molecule has 3 heterocycles. The van der Waals surface area contributed by atoms with Crippen LogP contribution in [-0.4, -0.2) is 270 Å². The van der Waals surface area contributed by atoms with E-state index in [9.17, 15) is 97.5 Å². The van der Waals surface area contributed by atoms with Crippen molar-refractivity contribution in [2.75, 3.05) is 46.1 Å². The van der Waals surface area contributed by atoms with Gasteiger partial charge in [0.05, 0.1) is 57.0 Å². The fourth-order valence-corrected chi connectivity index (χ4v) is 11.7. The Bertz CT molecular complexity index is 3860. The predicted octanol–water partition coefficient (Wildman–Crippen LogP) is -8.54. The highest BCUT2D eigenvalue weighted by Crippen LogP contribution is 2.22. The highest BCUT2D eigenvalue weighted by Gasteiger charge is 2.42. The number of nitrogens with two attached hydrogens (primary N) is 3. The zero-order valence-electron chi connectivity index (χ0n) is 62.9. The van der Waals surface area contributed by atoms with Gasteiger partial charge in [-0.05, 0) is 55.1 Å². The lowest BCUT2D eigenvalue weighted by atomic mass is 9.96. The van der Waals surface area contributed by atoms with E-state index in [4.69, 9.17) is 22.6 Å². The van der Waals surface area contributed by atoms with Crippen molar-refractivity contribution in [2.24, 2.45) is 29.0 Å². The van der Waals surface area contributed by atoms with Gasteiger partial charge in [0.15, 0.2) is 5.96 Å². The molecule has 0 saturated carbocycles. The quantitative estimate of drug-likeness (QED) is 0.0111. The molecule has 0 aliphatic carbocycles. The van der Waals surface area contributed by atoms with Crippen LogP contribution in [0.3, 0.4) is 0 Å². The van der Waals surface area contributed by atoms with Crippen LogP contribution in [0, 0.1) is 17.2 Å². The summed E-state index contributed by atoms with van der Waals surface area (Å²) in [6, 6.07) is -3.27. The molecule has 1 fully saturated rings. The molecular weight excluding hydrogens is 1480 g/mol. The first-order valence-corrected chi connectivity index (χ1v) is 36.5. The molecule has 27 N–H and O–H groups in total. The Labute approximate surface area is 649 Å². The average Bonchev–Trinajstić information content (AvgIpc) is 1.73. The van der Waals surface area contributed by atoms with Gasteiger partial charge >= 0.3 is 5.97 Å². The fraction of sp³-hybridized carbons (Fsp3) is 0.521. The zero-order chi connectivity index (χ0) is 83.4. The number of aliphatic hydroxyl groups excluding tert-OH is 4. The molecule has 0 spiro atoms. The number of hydrogen-bond acceptors (Lipinski definition) is 23. The molecule has 42 heteroatoms. The Morgan fingerprint density at radius 3 is 1.42 bits per heavy atom. The highest BCUT2D eigenvalue weighted by molar-refractivity contribution is 6.00. The van der Waals surface area contributed by atoms with Crippen molar-refractivity contribution in [2.45, 2.75) is 177 Å². The van der Waals surface area contributed by atoms with Gasteiger partial charge in [-0.15, -0.1) is 0 Å². The maximum absolute atomic E-state index is 15.0. The second-order valence-corrected chi connectivity index (χ2v) is 27.2. The minimum Gasteiger partial charge on any atom is -0.481 e. The first-order chi connectivity index (χ1) is 53.8. The van der Waals surface area contributed by atoms with Gasteiger partial charge in [-0.25, -0.2) is 9.97 Å². The number of nitrogens with zero attached hydrogens (tertiary/aromatic N) is 3. The molecule has 1 aliphatic heterocycles. The predicted molar refractivity (Wildman–Crippen MR) is 400 cm³/mol. The number of hydrogen-bond donors (Lipinski definition) is 24. The maximum atomic E-state index is 15.0. The third-order valence-corrected chi connectivity index (χ3v) is 18.2. The number of benzene rings is 2. The molecule has 1 saturated heterocycles. The molecule has 14 amide bonds. The molecule has 0 radical (unpaired) electrons. The normalized spacial score (nSPS) is 15.9. The number of H-pyrrole nitrogens is 2. The number of guanidine groups is 1. The van der Waals surface area contributed by atoms with Crippen LogP contribution < -0.4 is 86.3 Å². The van der Waals surface area contributed by atoms with Gasteiger partial charge in [-0.3, -0.25) is 77.3 Å². The summed E-state index contributed by atoms with van der Waals surface area (Å²) in [5, 5.41) is 89.1. The van der Waals surface area contributed by atoms with Crippen molar-refractivity contribution in [3.05, 3.63) is 108 Å². The summed E-state index contributed by atoms with van der Waals surface area (Å²) in [5.74, 6) is -16.8. The first kappa shape index (κ1) is 91.6. The van der Waals surface area contributed by atoms with E-state index in [0.717, 1.165) is 0 Å². The summed E-state index contributed by atoms with van der Waals surface area (Å²) in [7, 11) is 0. The number of aliphatic hydroxyl groups is 4. The summed E-state index contributed by atoms with van der Waals surface area (Å²) in [6.45, 7) is 1.71. The molecule has 1 aliphatic rings. The molecule has 14 atom stereocenters.